The van der Waals surface area contributed by atoms with E-state index in [4.69, 9.17) is 4.74 Å². The topological polar surface area (TPSA) is 47.0 Å². The third-order valence-electron chi connectivity index (χ3n) is 2.53. The fourth-order valence-electron chi connectivity index (χ4n) is 1.61. The molecule has 0 bridgehead atoms. The summed E-state index contributed by atoms with van der Waals surface area (Å²) in [4.78, 5) is 8.82. The van der Waals surface area contributed by atoms with Crippen molar-refractivity contribution >= 4 is 0 Å². The van der Waals surface area contributed by atoms with E-state index < -0.39 is 0 Å². The maximum atomic E-state index is 4.98. The van der Waals surface area contributed by atoms with Crippen LogP contribution in [0.1, 0.15) is 5.69 Å². The minimum atomic E-state index is 0.705. The lowest BCUT2D eigenvalue weighted by atomic mass is 10.2. The molecule has 0 unspecified atom stereocenters. The van der Waals surface area contributed by atoms with Gasteiger partial charge in [0.05, 0.1) is 12.3 Å². The van der Waals surface area contributed by atoms with Gasteiger partial charge in [-0.1, -0.05) is 30.3 Å². The molecule has 2 rings (SSSR count). The summed E-state index contributed by atoms with van der Waals surface area (Å²) in [5, 5.41) is 3.27. The summed E-state index contributed by atoms with van der Waals surface area (Å²) >= 11 is 0. The maximum absolute atomic E-state index is 4.98. The molecule has 0 spiro atoms. The van der Waals surface area contributed by atoms with Gasteiger partial charge in [0.1, 0.15) is 0 Å². The summed E-state index contributed by atoms with van der Waals surface area (Å²) in [5.41, 5.74) is 2.02. The second-order valence-electron chi connectivity index (χ2n) is 3.91. The van der Waals surface area contributed by atoms with E-state index in [9.17, 15) is 0 Å². The maximum Gasteiger partial charge on any atom is 0.159 e. The molecule has 0 fully saturated rings. The van der Waals surface area contributed by atoms with Crippen LogP contribution in [-0.4, -0.2) is 30.2 Å². The number of nitrogens with zero attached hydrogens (tertiary/aromatic N) is 2. The Kier molecular flexibility index (Phi) is 4.81. The van der Waals surface area contributed by atoms with Gasteiger partial charge in [-0.3, -0.25) is 0 Å². The van der Waals surface area contributed by atoms with Gasteiger partial charge in [0, 0.05) is 32.0 Å². The number of aromatic nitrogens is 2. The van der Waals surface area contributed by atoms with Gasteiger partial charge in [-0.25, -0.2) is 9.97 Å². The van der Waals surface area contributed by atoms with Gasteiger partial charge < -0.3 is 10.1 Å². The first-order valence-electron chi connectivity index (χ1n) is 5.97. The lowest BCUT2D eigenvalue weighted by Crippen LogP contribution is -2.19. The molecule has 0 amide bonds. The minimum Gasteiger partial charge on any atom is -0.383 e. The summed E-state index contributed by atoms with van der Waals surface area (Å²) in [6.45, 7) is 2.25. The van der Waals surface area contributed by atoms with E-state index in [0.717, 1.165) is 30.2 Å². The average molecular weight is 243 g/mol. The number of ether oxygens (including phenoxy) is 1. The number of hydrogen-bond acceptors (Lipinski definition) is 4. The van der Waals surface area contributed by atoms with Crippen molar-refractivity contribution in [1.82, 2.24) is 15.3 Å². The third kappa shape index (κ3) is 3.61. The van der Waals surface area contributed by atoms with Crippen LogP contribution in [0.15, 0.2) is 42.6 Å². The van der Waals surface area contributed by atoms with Crippen LogP contribution in [0, 0.1) is 0 Å². The van der Waals surface area contributed by atoms with E-state index in [1.165, 1.54) is 0 Å². The summed E-state index contributed by atoms with van der Waals surface area (Å²) in [5.74, 6) is 0.765. The monoisotopic (exact) mass is 243 g/mol. The van der Waals surface area contributed by atoms with Crippen LogP contribution in [0.4, 0.5) is 0 Å². The van der Waals surface area contributed by atoms with Crippen molar-refractivity contribution in [3.8, 4) is 11.4 Å². The molecule has 4 nitrogen and oxygen atoms in total. The van der Waals surface area contributed by atoms with E-state index in [-0.39, 0.29) is 0 Å². The van der Waals surface area contributed by atoms with Crippen LogP contribution in [0.25, 0.3) is 11.4 Å². The van der Waals surface area contributed by atoms with Gasteiger partial charge in [-0.2, -0.15) is 0 Å². The Balaban J connectivity index is 2.02. The lowest BCUT2D eigenvalue weighted by Gasteiger charge is -2.05. The van der Waals surface area contributed by atoms with E-state index in [2.05, 4.69) is 15.3 Å². The predicted octanol–water partition coefficient (Wildman–Crippen LogP) is 1.88. The zero-order chi connectivity index (χ0) is 12.6. The van der Waals surface area contributed by atoms with E-state index in [1.807, 2.05) is 36.4 Å². The zero-order valence-corrected chi connectivity index (χ0v) is 10.5. The van der Waals surface area contributed by atoms with Gasteiger partial charge in [0.2, 0.25) is 0 Å². The lowest BCUT2D eigenvalue weighted by molar-refractivity contribution is 0.199. The van der Waals surface area contributed by atoms with Crippen LogP contribution in [0.2, 0.25) is 0 Å². The normalized spacial score (nSPS) is 10.5. The Labute approximate surface area is 107 Å². The van der Waals surface area contributed by atoms with E-state index >= 15 is 0 Å². The number of benzene rings is 1. The van der Waals surface area contributed by atoms with E-state index in [1.54, 1.807) is 13.3 Å². The molecule has 0 atom stereocenters. The molecular weight excluding hydrogens is 226 g/mol. The zero-order valence-electron chi connectivity index (χ0n) is 10.5. The standard InChI is InChI=1S/C14H17N3O/c1-18-10-9-15-11-13-7-8-16-14(17-13)12-5-3-2-4-6-12/h2-8,15H,9-11H2,1H3. The van der Waals surface area contributed by atoms with Crippen molar-refractivity contribution in [2.75, 3.05) is 20.3 Å². The number of hydrogen-bond donors (Lipinski definition) is 1. The van der Waals surface area contributed by atoms with Crippen molar-refractivity contribution < 1.29 is 4.74 Å². The van der Waals surface area contributed by atoms with Crippen LogP contribution in [0.3, 0.4) is 0 Å². The molecule has 4 heteroatoms. The van der Waals surface area contributed by atoms with Gasteiger partial charge in [0.25, 0.3) is 0 Å². The van der Waals surface area contributed by atoms with Crippen LogP contribution in [0.5, 0.6) is 0 Å². The Morgan fingerprint density at radius 3 is 2.78 bits per heavy atom. The molecule has 1 aromatic heterocycles. The fourth-order valence-corrected chi connectivity index (χ4v) is 1.61. The van der Waals surface area contributed by atoms with Crippen molar-refractivity contribution in [3.63, 3.8) is 0 Å². The van der Waals surface area contributed by atoms with Crippen LogP contribution in [-0.2, 0) is 11.3 Å². The van der Waals surface area contributed by atoms with E-state index in [0.29, 0.717) is 6.61 Å². The Morgan fingerprint density at radius 1 is 1.17 bits per heavy atom. The van der Waals surface area contributed by atoms with Gasteiger partial charge in [0.15, 0.2) is 5.82 Å². The van der Waals surface area contributed by atoms with Gasteiger partial charge in [-0.15, -0.1) is 0 Å². The highest BCUT2D eigenvalue weighted by Gasteiger charge is 2.01. The molecule has 1 heterocycles. The van der Waals surface area contributed by atoms with Crippen molar-refractivity contribution in [1.29, 1.82) is 0 Å². The van der Waals surface area contributed by atoms with Gasteiger partial charge >= 0.3 is 0 Å². The Bertz CT molecular complexity index is 473. The highest BCUT2D eigenvalue weighted by molar-refractivity contribution is 5.54. The highest BCUT2D eigenvalue weighted by Crippen LogP contribution is 2.13. The number of rotatable bonds is 6. The third-order valence-corrected chi connectivity index (χ3v) is 2.53. The fraction of sp³-hybridized carbons (Fsp3) is 0.286. The molecule has 0 aliphatic heterocycles. The summed E-state index contributed by atoms with van der Waals surface area (Å²) in [6.07, 6.45) is 1.79. The first kappa shape index (κ1) is 12.7. The molecule has 2 aromatic rings. The van der Waals surface area contributed by atoms with Crippen molar-refractivity contribution in [2.45, 2.75) is 6.54 Å². The Hall–Kier alpha value is -1.78. The largest absolute Gasteiger partial charge is 0.383 e. The molecule has 0 aliphatic rings. The molecule has 1 aromatic carbocycles. The Morgan fingerprint density at radius 2 is 2.00 bits per heavy atom. The molecule has 0 saturated heterocycles. The summed E-state index contributed by atoms with van der Waals surface area (Å²) < 4.78 is 4.98. The van der Waals surface area contributed by atoms with Crippen molar-refractivity contribution in [3.05, 3.63) is 48.3 Å². The smallest absolute Gasteiger partial charge is 0.159 e. The van der Waals surface area contributed by atoms with Gasteiger partial charge in [-0.05, 0) is 6.07 Å². The first-order valence-corrected chi connectivity index (χ1v) is 5.97. The predicted molar refractivity (Wildman–Crippen MR) is 71.1 cm³/mol. The minimum absolute atomic E-state index is 0.705. The molecule has 0 aliphatic carbocycles. The first-order chi connectivity index (χ1) is 8.90. The molecule has 1 N–H and O–H groups in total. The molecule has 18 heavy (non-hydrogen) atoms. The molecule has 94 valence electrons. The van der Waals surface area contributed by atoms with Crippen LogP contribution < -0.4 is 5.32 Å². The van der Waals surface area contributed by atoms with Crippen molar-refractivity contribution in [2.24, 2.45) is 0 Å². The number of methoxy groups -OCH3 is 1. The molecular formula is C14H17N3O. The number of nitrogens with one attached hydrogen (secondary N) is 1. The molecule has 0 saturated carbocycles. The van der Waals surface area contributed by atoms with Crippen LogP contribution >= 0.6 is 0 Å². The second kappa shape index (κ2) is 6.83. The second-order valence-corrected chi connectivity index (χ2v) is 3.91. The quantitative estimate of drug-likeness (QED) is 0.787. The highest BCUT2D eigenvalue weighted by atomic mass is 16.5. The molecule has 0 radical (unpaired) electrons. The SMILES string of the molecule is COCCNCc1ccnc(-c2ccccc2)n1. The summed E-state index contributed by atoms with van der Waals surface area (Å²) in [7, 11) is 1.69. The summed E-state index contributed by atoms with van der Waals surface area (Å²) in [6, 6.07) is 11.9. The average Bonchev–Trinajstić information content (AvgIpc) is 2.45.